The molecule has 120 valence electrons. The van der Waals surface area contributed by atoms with Crippen molar-refractivity contribution in [2.75, 3.05) is 52.4 Å². The van der Waals surface area contributed by atoms with Gasteiger partial charge in [0.2, 0.25) is 5.91 Å². The predicted octanol–water partition coefficient (Wildman–Crippen LogP) is -1.35. The van der Waals surface area contributed by atoms with Crippen LogP contribution in [-0.4, -0.2) is 64.3 Å². The van der Waals surface area contributed by atoms with Gasteiger partial charge in [-0.05, 0) is 6.42 Å². The lowest BCUT2D eigenvalue weighted by Crippen LogP contribution is -2.50. The second-order valence-corrected chi connectivity index (χ2v) is 5.22. The van der Waals surface area contributed by atoms with Crippen LogP contribution in [0.2, 0.25) is 0 Å². The molecule has 0 saturated carbocycles. The number of nitrogens with one attached hydrogen (secondary N) is 5. The van der Waals surface area contributed by atoms with Gasteiger partial charge in [-0.2, -0.15) is 0 Å². The van der Waals surface area contributed by atoms with Crippen molar-refractivity contribution in [1.82, 2.24) is 26.6 Å². The minimum atomic E-state index is 0.0814. The van der Waals surface area contributed by atoms with Crippen LogP contribution >= 0.6 is 0 Å². The van der Waals surface area contributed by atoms with Crippen molar-refractivity contribution in [3.63, 3.8) is 0 Å². The molecule has 1 saturated heterocycles. The molecule has 0 radical (unpaired) electrons. The van der Waals surface area contributed by atoms with E-state index in [1.54, 1.807) is 0 Å². The van der Waals surface area contributed by atoms with Crippen LogP contribution < -0.4 is 26.6 Å². The summed E-state index contributed by atoms with van der Waals surface area (Å²) in [6, 6.07) is 0.253. The van der Waals surface area contributed by atoms with Crippen LogP contribution in [0.3, 0.4) is 0 Å². The van der Waals surface area contributed by atoms with Gasteiger partial charge in [0.1, 0.15) is 0 Å². The van der Waals surface area contributed by atoms with E-state index in [4.69, 9.17) is 6.42 Å². The lowest BCUT2D eigenvalue weighted by Gasteiger charge is -2.21. The SMILES string of the molecule is C#CCCCC(=O)NCC1CNCCNCCNCCN1. The Hall–Kier alpha value is -1.13. The van der Waals surface area contributed by atoms with Gasteiger partial charge in [-0.15, -0.1) is 12.3 Å². The molecule has 0 aliphatic carbocycles. The molecular formula is C15H29N5O. The maximum Gasteiger partial charge on any atom is 0.220 e. The third-order valence-electron chi connectivity index (χ3n) is 3.35. The van der Waals surface area contributed by atoms with Crippen LogP contribution in [0, 0.1) is 12.3 Å². The fourth-order valence-electron chi connectivity index (χ4n) is 2.14. The topological polar surface area (TPSA) is 77.2 Å². The summed E-state index contributed by atoms with van der Waals surface area (Å²) < 4.78 is 0. The second-order valence-electron chi connectivity index (χ2n) is 5.22. The van der Waals surface area contributed by atoms with Gasteiger partial charge in [0.25, 0.3) is 0 Å². The molecule has 6 nitrogen and oxygen atoms in total. The molecule has 0 spiro atoms. The van der Waals surface area contributed by atoms with Crippen molar-refractivity contribution in [3.05, 3.63) is 0 Å². The van der Waals surface area contributed by atoms with Gasteiger partial charge >= 0.3 is 0 Å². The fourth-order valence-corrected chi connectivity index (χ4v) is 2.14. The summed E-state index contributed by atoms with van der Waals surface area (Å²) in [6.45, 7) is 7.23. The van der Waals surface area contributed by atoms with Gasteiger partial charge in [0.05, 0.1) is 0 Å². The predicted molar refractivity (Wildman–Crippen MR) is 86.1 cm³/mol. The first-order chi connectivity index (χ1) is 10.3. The van der Waals surface area contributed by atoms with Crippen molar-refractivity contribution < 1.29 is 4.79 Å². The minimum Gasteiger partial charge on any atom is -0.354 e. The van der Waals surface area contributed by atoms with Crippen LogP contribution in [0.5, 0.6) is 0 Å². The zero-order chi connectivity index (χ0) is 15.2. The smallest absolute Gasteiger partial charge is 0.220 e. The average molecular weight is 295 g/mol. The van der Waals surface area contributed by atoms with Crippen LogP contribution in [0.15, 0.2) is 0 Å². The Morgan fingerprint density at radius 2 is 1.76 bits per heavy atom. The average Bonchev–Trinajstić information content (AvgIpc) is 2.47. The van der Waals surface area contributed by atoms with Gasteiger partial charge in [-0.1, -0.05) is 0 Å². The molecular weight excluding hydrogens is 266 g/mol. The lowest BCUT2D eigenvalue weighted by atomic mass is 10.2. The standard InChI is InChI=1S/C15H29N5O/c1-2-3-4-5-15(21)20-13-14-12-18-9-8-16-6-7-17-10-11-19-14/h1,14,16-19H,3-13H2,(H,20,21). The molecule has 0 bridgehead atoms. The van der Waals surface area contributed by atoms with Crippen molar-refractivity contribution in [3.8, 4) is 12.3 Å². The number of hydrogen-bond acceptors (Lipinski definition) is 5. The molecule has 1 atom stereocenters. The van der Waals surface area contributed by atoms with Gasteiger partial charge in [0, 0.05) is 71.2 Å². The Labute approximate surface area is 128 Å². The maximum atomic E-state index is 11.7. The lowest BCUT2D eigenvalue weighted by molar-refractivity contribution is -0.121. The first-order valence-electron chi connectivity index (χ1n) is 7.88. The van der Waals surface area contributed by atoms with Crippen LogP contribution in [-0.2, 0) is 4.79 Å². The largest absolute Gasteiger partial charge is 0.354 e. The number of carbonyl (C=O) groups is 1. The maximum absolute atomic E-state index is 11.7. The van der Waals surface area contributed by atoms with E-state index in [0.717, 1.165) is 52.2 Å². The summed E-state index contributed by atoms with van der Waals surface area (Å²) in [6.07, 6.45) is 7.11. The van der Waals surface area contributed by atoms with Gasteiger partial charge in [0.15, 0.2) is 0 Å². The fraction of sp³-hybridized carbons (Fsp3) is 0.800. The third kappa shape index (κ3) is 10.3. The van der Waals surface area contributed by atoms with Gasteiger partial charge in [-0.3, -0.25) is 4.79 Å². The van der Waals surface area contributed by atoms with E-state index in [9.17, 15) is 4.79 Å². The third-order valence-corrected chi connectivity index (χ3v) is 3.35. The summed E-state index contributed by atoms with van der Waals surface area (Å²) in [4.78, 5) is 11.7. The Morgan fingerprint density at radius 1 is 1.10 bits per heavy atom. The molecule has 0 aromatic heterocycles. The highest BCUT2D eigenvalue weighted by Crippen LogP contribution is 1.93. The Morgan fingerprint density at radius 3 is 2.48 bits per heavy atom. The summed E-state index contributed by atoms with van der Waals surface area (Å²) in [5.41, 5.74) is 0. The molecule has 1 fully saturated rings. The molecule has 0 aromatic carbocycles. The Balaban J connectivity index is 2.21. The highest BCUT2D eigenvalue weighted by atomic mass is 16.1. The zero-order valence-corrected chi connectivity index (χ0v) is 12.8. The first-order valence-corrected chi connectivity index (χ1v) is 7.88. The zero-order valence-electron chi connectivity index (χ0n) is 12.8. The Kier molecular flexibility index (Phi) is 10.8. The second kappa shape index (κ2) is 12.6. The number of carbonyl (C=O) groups excluding carboxylic acids is 1. The van der Waals surface area contributed by atoms with Crippen molar-refractivity contribution in [1.29, 1.82) is 0 Å². The molecule has 1 aliphatic heterocycles. The molecule has 1 rings (SSSR count). The summed E-state index contributed by atoms with van der Waals surface area (Å²) in [5, 5.41) is 16.6. The summed E-state index contributed by atoms with van der Waals surface area (Å²) in [7, 11) is 0. The molecule has 1 heterocycles. The van der Waals surface area contributed by atoms with Crippen molar-refractivity contribution >= 4 is 5.91 Å². The normalized spacial score (nSPS) is 21.6. The summed E-state index contributed by atoms with van der Waals surface area (Å²) in [5.74, 6) is 2.63. The first kappa shape index (κ1) is 17.9. The van der Waals surface area contributed by atoms with Crippen LogP contribution in [0.1, 0.15) is 19.3 Å². The highest BCUT2D eigenvalue weighted by molar-refractivity contribution is 5.75. The van der Waals surface area contributed by atoms with E-state index in [1.807, 2.05) is 0 Å². The molecule has 21 heavy (non-hydrogen) atoms. The molecule has 0 aromatic rings. The van der Waals surface area contributed by atoms with Crippen LogP contribution in [0.4, 0.5) is 0 Å². The van der Waals surface area contributed by atoms with E-state index >= 15 is 0 Å². The van der Waals surface area contributed by atoms with E-state index < -0.39 is 0 Å². The number of unbranched alkanes of at least 4 members (excludes halogenated alkanes) is 1. The van der Waals surface area contributed by atoms with E-state index in [1.165, 1.54) is 0 Å². The minimum absolute atomic E-state index is 0.0814. The number of hydrogen-bond donors (Lipinski definition) is 5. The van der Waals surface area contributed by atoms with E-state index in [-0.39, 0.29) is 11.9 Å². The van der Waals surface area contributed by atoms with E-state index in [0.29, 0.717) is 19.4 Å². The molecule has 1 amide bonds. The monoisotopic (exact) mass is 295 g/mol. The number of terminal acetylenes is 1. The quantitative estimate of drug-likeness (QED) is 0.320. The van der Waals surface area contributed by atoms with Crippen LogP contribution in [0.25, 0.3) is 0 Å². The van der Waals surface area contributed by atoms with Crippen molar-refractivity contribution in [2.45, 2.75) is 25.3 Å². The molecule has 5 N–H and O–H groups in total. The number of rotatable bonds is 5. The molecule has 1 aliphatic rings. The Bertz CT molecular complexity index is 304. The molecule has 1 unspecified atom stereocenters. The summed E-state index contributed by atoms with van der Waals surface area (Å²) >= 11 is 0. The van der Waals surface area contributed by atoms with Gasteiger partial charge in [-0.25, -0.2) is 0 Å². The van der Waals surface area contributed by atoms with Gasteiger partial charge < -0.3 is 26.6 Å². The highest BCUT2D eigenvalue weighted by Gasteiger charge is 2.09. The number of amides is 1. The van der Waals surface area contributed by atoms with Crippen molar-refractivity contribution in [2.24, 2.45) is 0 Å². The molecule has 6 heteroatoms. The van der Waals surface area contributed by atoms with E-state index in [2.05, 4.69) is 32.5 Å².